The van der Waals surface area contributed by atoms with Crippen LogP contribution in [0.4, 0.5) is 13.2 Å². The first-order valence-electron chi connectivity index (χ1n) is 4.87. The molecule has 0 bridgehead atoms. The van der Waals surface area contributed by atoms with E-state index in [2.05, 4.69) is 0 Å². The molecule has 82 valence electrons. The molecule has 0 atom stereocenters. The molecule has 1 aromatic rings. The summed E-state index contributed by atoms with van der Waals surface area (Å²) in [5.41, 5.74) is 5.38. The third-order valence-corrected chi connectivity index (χ3v) is 3.06. The largest absolute Gasteiger partial charge is 0.330 e. The minimum absolute atomic E-state index is 0.133. The third kappa shape index (κ3) is 1.74. The van der Waals surface area contributed by atoms with E-state index < -0.39 is 12.2 Å². The summed E-state index contributed by atoms with van der Waals surface area (Å²) in [5, 5.41) is 0. The number of rotatable bonds is 3. The van der Waals surface area contributed by atoms with Crippen molar-refractivity contribution in [2.75, 3.05) is 6.54 Å². The van der Waals surface area contributed by atoms with Gasteiger partial charge in [-0.05, 0) is 30.5 Å². The Kier molecular flexibility index (Phi) is 2.46. The van der Waals surface area contributed by atoms with E-state index in [4.69, 9.17) is 5.73 Å². The van der Waals surface area contributed by atoms with Crippen molar-refractivity contribution in [3.8, 4) is 0 Å². The lowest BCUT2D eigenvalue weighted by Gasteiger charge is -2.15. The summed E-state index contributed by atoms with van der Waals surface area (Å²) in [6, 6.07) is 3.47. The number of hydrogen-bond donors (Lipinski definition) is 1. The highest BCUT2D eigenvalue weighted by atomic mass is 19.3. The molecular weight excluding hydrogens is 203 g/mol. The zero-order valence-electron chi connectivity index (χ0n) is 8.14. The molecule has 1 aromatic carbocycles. The van der Waals surface area contributed by atoms with Crippen LogP contribution in [0.25, 0.3) is 0 Å². The van der Waals surface area contributed by atoms with E-state index in [1.54, 1.807) is 0 Å². The molecule has 4 heteroatoms. The van der Waals surface area contributed by atoms with E-state index in [1.807, 2.05) is 0 Å². The summed E-state index contributed by atoms with van der Waals surface area (Å²) in [6.45, 7) is 0.316. The van der Waals surface area contributed by atoms with Crippen molar-refractivity contribution < 1.29 is 13.2 Å². The first kappa shape index (κ1) is 10.5. The van der Waals surface area contributed by atoms with Crippen molar-refractivity contribution in [1.82, 2.24) is 0 Å². The number of nitrogens with two attached hydrogens (primary N) is 1. The molecule has 2 N–H and O–H groups in total. The molecule has 0 aromatic heterocycles. The number of halogens is 3. The lowest BCUT2D eigenvalue weighted by atomic mass is 9.94. The van der Waals surface area contributed by atoms with Crippen LogP contribution in [0.15, 0.2) is 18.2 Å². The van der Waals surface area contributed by atoms with Gasteiger partial charge in [0.15, 0.2) is 0 Å². The van der Waals surface area contributed by atoms with Crippen LogP contribution in [0.3, 0.4) is 0 Å². The maximum atomic E-state index is 13.5. The van der Waals surface area contributed by atoms with Gasteiger partial charge in [0.2, 0.25) is 0 Å². The Labute approximate surface area is 86.1 Å². The molecule has 0 radical (unpaired) electrons. The molecule has 0 unspecified atom stereocenters. The molecule has 0 spiro atoms. The van der Waals surface area contributed by atoms with Gasteiger partial charge in [-0.2, -0.15) is 0 Å². The summed E-state index contributed by atoms with van der Waals surface area (Å²) in [5.74, 6) is -0.428. The Balaban J connectivity index is 2.42. The van der Waals surface area contributed by atoms with E-state index in [-0.39, 0.29) is 11.0 Å². The van der Waals surface area contributed by atoms with Gasteiger partial charge in [0, 0.05) is 17.5 Å². The van der Waals surface area contributed by atoms with Crippen LogP contribution in [-0.4, -0.2) is 6.54 Å². The monoisotopic (exact) mass is 215 g/mol. The maximum Gasteiger partial charge on any atom is 0.263 e. The standard InChI is InChI=1S/C11H12F3N/c12-9-2-1-7(10(13)14)5-8(9)11(6-15)3-4-11/h1-2,5,10H,3-4,6,15H2. The second kappa shape index (κ2) is 3.52. The minimum atomic E-state index is -2.56. The first-order valence-corrected chi connectivity index (χ1v) is 4.87. The Morgan fingerprint density at radius 2 is 2.00 bits per heavy atom. The highest BCUT2D eigenvalue weighted by Gasteiger charge is 2.44. The summed E-state index contributed by atoms with van der Waals surface area (Å²) in [7, 11) is 0. The quantitative estimate of drug-likeness (QED) is 0.824. The van der Waals surface area contributed by atoms with Crippen molar-refractivity contribution in [2.24, 2.45) is 5.73 Å². The number of alkyl halides is 2. The van der Waals surface area contributed by atoms with Crippen LogP contribution in [0.1, 0.15) is 30.4 Å². The third-order valence-electron chi connectivity index (χ3n) is 3.06. The van der Waals surface area contributed by atoms with E-state index in [0.29, 0.717) is 12.1 Å². The Hall–Kier alpha value is -1.03. The second-order valence-electron chi connectivity index (χ2n) is 4.02. The van der Waals surface area contributed by atoms with Gasteiger partial charge in [-0.1, -0.05) is 6.07 Å². The second-order valence-corrected chi connectivity index (χ2v) is 4.02. The molecular formula is C11H12F3N. The van der Waals surface area contributed by atoms with Crippen molar-refractivity contribution in [2.45, 2.75) is 24.7 Å². The average molecular weight is 215 g/mol. The van der Waals surface area contributed by atoms with Crippen LogP contribution in [-0.2, 0) is 5.41 Å². The number of benzene rings is 1. The van der Waals surface area contributed by atoms with Crippen LogP contribution < -0.4 is 5.73 Å². The lowest BCUT2D eigenvalue weighted by Crippen LogP contribution is -2.21. The van der Waals surface area contributed by atoms with Crippen molar-refractivity contribution in [1.29, 1.82) is 0 Å². The average Bonchev–Trinajstić information content (AvgIpc) is 2.99. The van der Waals surface area contributed by atoms with Gasteiger partial charge in [0.05, 0.1) is 0 Å². The van der Waals surface area contributed by atoms with Gasteiger partial charge in [0.25, 0.3) is 6.43 Å². The van der Waals surface area contributed by atoms with Crippen LogP contribution in [0, 0.1) is 5.82 Å². The van der Waals surface area contributed by atoms with E-state index in [1.165, 1.54) is 6.07 Å². The minimum Gasteiger partial charge on any atom is -0.330 e. The SMILES string of the molecule is NCC1(c2cc(C(F)F)ccc2F)CC1. The zero-order chi connectivity index (χ0) is 11.1. The fourth-order valence-electron chi connectivity index (χ4n) is 1.82. The van der Waals surface area contributed by atoms with Crippen molar-refractivity contribution >= 4 is 0 Å². The Morgan fingerprint density at radius 1 is 1.33 bits per heavy atom. The van der Waals surface area contributed by atoms with Gasteiger partial charge in [-0.25, -0.2) is 13.2 Å². The first-order chi connectivity index (χ1) is 7.09. The molecule has 1 nitrogen and oxygen atoms in total. The smallest absolute Gasteiger partial charge is 0.263 e. The van der Waals surface area contributed by atoms with Crippen molar-refractivity contribution in [3.63, 3.8) is 0 Å². The van der Waals surface area contributed by atoms with E-state index in [9.17, 15) is 13.2 Å². The van der Waals surface area contributed by atoms with E-state index >= 15 is 0 Å². The van der Waals surface area contributed by atoms with Crippen molar-refractivity contribution in [3.05, 3.63) is 35.1 Å². The predicted molar refractivity (Wildman–Crippen MR) is 51.3 cm³/mol. The molecule has 0 amide bonds. The molecule has 0 saturated heterocycles. The maximum absolute atomic E-state index is 13.5. The Bertz CT molecular complexity index is 372. The highest BCUT2D eigenvalue weighted by Crippen LogP contribution is 2.48. The normalized spacial score (nSPS) is 18.2. The molecule has 0 heterocycles. The summed E-state index contributed by atoms with van der Waals surface area (Å²) in [6.07, 6.45) is -0.988. The van der Waals surface area contributed by atoms with Crippen LogP contribution in [0.5, 0.6) is 0 Å². The Morgan fingerprint density at radius 3 is 2.47 bits per heavy atom. The topological polar surface area (TPSA) is 26.0 Å². The molecule has 0 aliphatic heterocycles. The fraction of sp³-hybridized carbons (Fsp3) is 0.455. The summed E-state index contributed by atoms with van der Waals surface area (Å²) in [4.78, 5) is 0. The molecule has 1 saturated carbocycles. The molecule has 1 aliphatic carbocycles. The fourth-order valence-corrected chi connectivity index (χ4v) is 1.82. The summed E-state index contributed by atoms with van der Waals surface area (Å²) >= 11 is 0. The van der Waals surface area contributed by atoms with Gasteiger partial charge < -0.3 is 5.73 Å². The molecule has 1 aliphatic rings. The van der Waals surface area contributed by atoms with Gasteiger partial charge in [-0.15, -0.1) is 0 Å². The molecule has 1 fully saturated rings. The summed E-state index contributed by atoms with van der Waals surface area (Å²) < 4.78 is 38.3. The zero-order valence-corrected chi connectivity index (χ0v) is 8.14. The van der Waals surface area contributed by atoms with Crippen LogP contribution >= 0.6 is 0 Å². The predicted octanol–water partition coefficient (Wildman–Crippen LogP) is 2.75. The van der Waals surface area contributed by atoms with Gasteiger partial charge in [-0.3, -0.25) is 0 Å². The number of hydrogen-bond acceptors (Lipinski definition) is 1. The van der Waals surface area contributed by atoms with E-state index in [0.717, 1.165) is 25.0 Å². The van der Waals surface area contributed by atoms with Crippen LogP contribution in [0.2, 0.25) is 0 Å². The highest BCUT2D eigenvalue weighted by molar-refractivity contribution is 5.36. The van der Waals surface area contributed by atoms with Gasteiger partial charge >= 0.3 is 0 Å². The van der Waals surface area contributed by atoms with Gasteiger partial charge in [0.1, 0.15) is 5.82 Å². The molecule has 15 heavy (non-hydrogen) atoms. The molecule has 2 rings (SSSR count). The lowest BCUT2D eigenvalue weighted by molar-refractivity contribution is 0.151.